The number of carbonyl (C=O) groups excluding carboxylic acids is 1. The van der Waals surface area contributed by atoms with Crippen molar-refractivity contribution in [3.05, 3.63) is 78.0 Å². The first-order valence-corrected chi connectivity index (χ1v) is 6.42. The van der Waals surface area contributed by atoms with Gasteiger partial charge in [0.15, 0.2) is 0 Å². The Labute approximate surface area is 120 Å². The number of fused-ring (bicyclic) bond motifs is 1. The fourth-order valence-electron chi connectivity index (χ4n) is 2.26. The molecule has 21 heavy (non-hydrogen) atoms. The Morgan fingerprint density at radius 2 is 1.57 bits per heavy atom. The van der Waals surface area contributed by atoms with Crippen molar-refractivity contribution in [3.8, 4) is 0 Å². The molecule has 0 aliphatic heterocycles. The van der Waals surface area contributed by atoms with E-state index in [-0.39, 0.29) is 16.5 Å². The van der Waals surface area contributed by atoms with Gasteiger partial charge >= 0.3 is 5.92 Å². The Morgan fingerprint density at radius 1 is 0.905 bits per heavy atom. The molecule has 0 saturated carbocycles. The van der Waals surface area contributed by atoms with Crippen molar-refractivity contribution in [1.29, 1.82) is 0 Å². The van der Waals surface area contributed by atoms with E-state index in [0.717, 1.165) is 0 Å². The number of hydrogen-bond donors (Lipinski definition) is 0. The van der Waals surface area contributed by atoms with Crippen molar-refractivity contribution in [3.63, 3.8) is 0 Å². The first-order valence-electron chi connectivity index (χ1n) is 6.42. The number of ketones is 1. The second-order valence-corrected chi connectivity index (χ2v) is 4.65. The zero-order valence-corrected chi connectivity index (χ0v) is 11.0. The molecule has 0 N–H and O–H groups in total. The standard InChI is InChI=1S/C17H11F2NO/c18-17(19,16(21)12-6-2-1-3-7-12)14-10-11-20-15-9-5-4-8-13(14)15/h1-11H. The van der Waals surface area contributed by atoms with E-state index in [4.69, 9.17) is 0 Å². The smallest absolute Gasteiger partial charge is 0.287 e. The molecule has 0 aliphatic carbocycles. The summed E-state index contributed by atoms with van der Waals surface area (Å²) in [5.74, 6) is -4.80. The maximum Gasteiger partial charge on any atom is 0.335 e. The number of Topliss-reactive ketones (excluding diaryl/α,β-unsaturated/α-hetero) is 1. The molecule has 3 rings (SSSR count). The van der Waals surface area contributed by atoms with Gasteiger partial charge in [0, 0.05) is 22.7 Å². The minimum atomic E-state index is -3.59. The number of alkyl halides is 2. The lowest BCUT2D eigenvalue weighted by atomic mass is 9.96. The third-order valence-electron chi connectivity index (χ3n) is 3.31. The van der Waals surface area contributed by atoms with E-state index in [2.05, 4.69) is 4.98 Å². The van der Waals surface area contributed by atoms with Crippen LogP contribution in [0.3, 0.4) is 0 Å². The summed E-state index contributed by atoms with van der Waals surface area (Å²) in [6.07, 6.45) is 1.30. The summed E-state index contributed by atoms with van der Waals surface area (Å²) in [6, 6.07) is 15.3. The highest BCUT2D eigenvalue weighted by Gasteiger charge is 2.42. The highest BCUT2D eigenvalue weighted by Crippen LogP contribution is 2.35. The van der Waals surface area contributed by atoms with E-state index in [1.165, 1.54) is 24.4 Å². The lowest BCUT2D eigenvalue weighted by molar-refractivity contribution is 0.00834. The Kier molecular flexibility index (Phi) is 3.22. The third-order valence-corrected chi connectivity index (χ3v) is 3.31. The molecular formula is C17H11F2NO. The van der Waals surface area contributed by atoms with Crippen LogP contribution in [0.25, 0.3) is 10.9 Å². The highest BCUT2D eigenvalue weighted by molar-refractivity contribution is 6.04. The topological polar surface area (TPSA) is 30.0 Å². The zero-order chi connectivity index (χ0) is 14.9. The van der Waals surface area contributed by atoms with Gasteiger partial charge in [-0.3, -0.25) is 9.78 Å². The fraction of sp³-hybridized carbons (Fsp3) is 0.0588. The van der Waals surface area contributed by atoms with Crippen molar-refractivity contribution >= 4 is 16.7 Å². The number of nitrogens with zero attached hydrogens (tertiary/aromatic N) is 1. The number of halogens is 2. The van der Waals surface area contributed by atoms with Crippen LogP contribution in [-0.4, -0.2) is 10.8 Å². The number of carbonyl (C=O) groups is 1. The van der Waals surface area contributed by atoms with E-state index in [9.17, 15) is 13.6 Å². The average Bonchev–Trinajstić information content (AvgIpc) is 2.54. The molecule has 0 fully saturated rings. The van der Waals surface area contributed by atoms with Gasteiger partial charge in [-0.1, -0.05) is 48.5 Å². The second kappa shape index (κ2) is 5.05. The van der Waals surface area contributed by atoms with Crippen LogP contribution in [0.2, 0.25) is 0 Å². The molecule has 4 heteroatoms. The lowest BCUT2D eigenvalue weighted by Crippen LogP contribution is -2.26. The largest absolute Gasteiger partial charge is 0.335 e. The van der Waals surface area contributed by atoms with Crippen molar-refractivity contribution in [2.45, 2.75) is 5.92 Å². The molecular weight excluding hydrogens is 272 g/mol. The fourth-order valence-corrected chi connectivity index (χ4v) is 2.26. The predicted molar refractivity (Wildman–Crippen MR) is 76.4 cm³/mol. The van der Waals surface area contributed by atoms with Crippen molar-refractivity contribution in [2.24, 2.45) is 0 Å². The summed E-state index contributed by atoms with van der Waals surface area (Å²) < 4.78 is 29.2. The van der Waals surface area contributed by atoms with Crippen LogP contribution in [-0.2, 0) is 5.92 Å². The Bertz CT molecular complexity index is 795. The van der Waals surface area contributed by atoms with Crippen LogP contribution >= 0.6 is 0 Å². The first kappa shape index (κ1) is 13.4. The van der Waals surface area contributed by atoms with Crippen molar-refractivity contribution in [2.75, 3.05) is 0 Å². The highest BCUT2D eigenvalue weighted by atomic mass is 19.3. The second-order valence-electron chi connectivity index (χ2n) is 4.65. The van der Waals surface area contributed by atoms with E-state index in [1.807, 2.05) is 0 Å². The molecule has 0 radical (unpaired) electrons. The van der Waals surface area contributed by atoms with E-state index in [0.29, 0.717) is 5.52 Å². The van der Waals surface area contributed by atoms with Gasteiger partial charge in [0.25, 0.3) is 0 Å². The summed E-state index contributed by atoms with van der Waals surface area (Å²) in [4.78, 5) is 16.2. The molecule has 0 bridgehead atoms. The van der Waals surface area contributed by atoms with Crippen molar-refractivity contribution in [1.82, 2.24) is 4.98 Å². The summed E-state index contributed by atoms with van der Waals surface area (Å²) in [5.41, 5.74) is 0.112. The number of pyridine rings is 1. The molecule has 104 valence electrons. The molecule has 0 atom stereocenters. The third kappa shape index (κ3) is 2.29. The molecule has 0 amide bonds. The van der Waals surface area contributed by atoms with Crippen LogP contribution in [0.1, 0.15) is 15.9 Å². The number of hydrogen-bond acceptors (Lipinski definition) is 2. The van der Waals surface area contributed by atoms with Crippen LogP contribution in [0, 0.1) is 0 Å². The van der Waals surface area contributed by atoms with Crippen LogP contribution in [0.5, 0.6) is 0 Å². The molecule has 1 heterocycles. The average molecular weight is 283 g/mol. The van der Waals surface area contributed by atoms with Gasteiger partial charge in [0.2, 0.25) is 5.78 Å². The summed E-state index contributed by atoms with van der Waals surface area (Å²) in [7, 11) is 0. The summed E-state index contributed by atoms with van der Waals surface area (Å²) in [5, 5.41) is 0.286. The molecule has 3 aromatic rings. The SMILES string of the molecule is O=C(c1ccccc1)C(F)(F)c1ccnc2ccccc12. The van der Waals surface area contributed by atoms with E-state index < -0.39 is 11.7 Å². The van der Waals surface area contributed by atoms with E-state index >= 15 is 0 Å². The van der Waals surface area contributed by atoms with Gasteiger partial charge in [-0.25, -0.2) is 0 Å². The van der Waals surface area contributed by atoms with Gasteiger partial charge in [0.1, 0.15) is 0 Å². The number of para-hydroxylation sites is 1. The number of rotatable bonds is 3. The van der Waals surface area contributed by atoms with Gasteiger partial charge in [0.05, 0.1) is 5.52 Å². The van der Waals surface area contributed by atoms with Gasteiger partial charge in [-0.2, -0.15) is 8.78 Å². The number of benzene rings is 2. The van der Waals surface area contributed by atoms with Crippen LogP contribution in [0.15, 0.2) is 66.9 Å². The Balaban J connectivity index is 2.14. The minimum absolute atomic E-state index is 0.0107. The Morgan fingerprint density at radius 3 is 2.33 bits per heavy atom. The molecule has 2 aromatic carbocycles. The van der Waals surface area contributed by atoms with Gasteiger partial charge < -0.3 is 0 Å². The molecule has 0 saturated heterocycles. The first-order chi connectivity index (χ1) is 10.1. The molecule has 0 spiro atoms. The maximum absolute atomic E-state index is 14.6. The van der Waals surface area contributed by atoms with E-state index in [1.54, 1.807) is 42.5 Å². The molecule has 1 aromatic heterocycles. The van der Waals surface area contributed by atoms with Crippen LogP contribution < -0.4 is 0 Å². The summed E-state index contributed by atoms with van der Waals surface area (Å²) in [6.45, 7) is 0. The molecule has 2 nitrogen and oxygen atoms in total. The minimum Gasteiger partial charge on any atom is -0.287 e. The number of aromatic nitrogens is 1. The zero-order valence-electron chi connectivity index (χ0n) is 11.0. The molecule has 0 aliphatic rings. The van der Waals surface area contributed by atoms with Crippen LogP contribution in [0.4, 0.5) is 8.78 Å². The van der Waals surface area contributed by atoms with Gasteiger partial charge in [-0.05, 0) is 12.1 Å². The quantitative estimate of drug-likeness (QED) is 0.674. The normalized spacial score (nSPS) is 11.5. The van der Waals surface area contributed by atoms with Crippen molar-refractivity contribution < 1.29 is 13.6 Å². The monoisotopic (exact) mass is 283 g/mol. The maximum atomic E-state index is 14.6. The predicted octanol–water partition coefficient (Wildman–Crippen LogP) is 4.21. The summed E-state index contributed by atoms with van der Waals surface area (Å²) >= 11 is 0. The Hall–Kier alpha value is -2.62. The molecule has 0 unspecified atom stereocenters. The lowest BCUT2D eigenvalue weighted by Gasteiger charge is -2.17. The van der Waals surface area contributed by atoms with Gasteiger partial charge in [-0.15, -0.1) is 0 Å².